The van der Waals surface area contributed by atoms with Crippen molar-refractivity contribution >= 4 is 5.69 Å². The van der Waals surface area contributed by atoms with Crippen LogP contribution in [0.5, 0.6) is 0 Å². The van der Waals surface area contributed by atoms with Crippen molar-refractivity contribution in [2.75, 3.05) is 11.9 Å². The van der Waals surface area contributed by atoms with Crippen LogP contribution in [0.1, 0.15) is 38.1 Å². The van der Waals surface area contributed by atoms with Gasteiger partial charge < -0.3 is 5.32 Å². The van der Waals surface area contributed by atoms with Gasteiger partial charge in [0.1, 0.15) is 0 Å². The molecule has 0 fully saturated rings. The Morgan fingerprint density at radius 2 is 2.14 bits per heavy atom. The first-order valence-corrected chi connectivity index (χ1v) is 5.40. The van der Waals surface area contributed by atoms with E-state index in [9.17, 15) is 0 Å². The van der Waals surface area contributed by atoms with E-state index in [-0.39, 0.29) is 0 Å². The first-order chi connectivity index (χ1) is 6.65. The number of rotatable bonds is 5. The Morgan fingerprint density at radius 3 is 2.64 bits per heavy atom. The van der Waals surface area contributed by atoms with Crippen LogP contribution in [-0.4, -0.2) is 16.7 Å². The van der Waals surface area contributed by atoms with E-state index >= 15 is 0 Å². The topological polar surface area (TPSA) is 40.7 Å². The van der Waals surface area contributed by atoms with Crippen LogP contribution in [0.15, 0.2) is 0 Å². The van der Waals surface area contributed by atoms with E-state index in [2.05, 4.69) is 29.4 Å². The minimum Gasteiger partial charge on any atom is -0.382 e. The third kappa shape index (κ3) is 2.76. The van der Waals surface area contributed by atoms with Crippen molar-refractivity contribution in [1.82, 2.24) is 10.2 Å². The summed E-state index contributed by atoms with van der Waals surface area (Å²) in [5.74, 6) is 0.730. The highest BCUT2D eigenvalue weighted by Crippen LogP contribution is 2.17. The van der Waals surface area contributed by atoms with Crippen LogP contribution >= 0.6 is 0 Å². The largest absolute Gasteiger partial charge is 0.382 e. The molecular weight excluding hydrogens is 174 g/mol. The molecule has 3 heteroatoms. The van der Waals surface area contributed by atoms with E-state index in [0.717, 1.165) is 23.9 Å². The Bertz CT molecular complexity index is 259. The highest BCUT2D eigenvalue weighted by molar-refractivity contribution is 5.51. The summed E-state index contributed by atoms with van der Waals surface area (Å²) in [5.41, 5.74) is 3.37. The number of H-pyrrole nitrogens is 1. The molecule has 80 valence electrons. The van der Waals surface area contributed by atoms with Gasteiger partial charge in [0.05, 0.1) is 17.1 Å². The lowest BCUT2D eigenvalue weighted by Gasteiger charge is -2.12. The number of nitrogens with zero attached hydrogens (tertiary/aromatic N) is 1. The smallest absolute Gasteiger partial charge is 0.0825 e. The van der Waals surface area contributed by atoms with Crippen molar-refractivity contribution in [2.45, 2.75) is 40.5 Å². The van der Waals surface area contributed by atoms with Gasteiger partial charge in [0, 0.05) is 6.54 Å². The molecule has 1 atom stereocenters. The maximum absolute atomic E-state index is 4.15. The number of hydrogen-bond acceptors (Lipinski definition) is 2. The Balaban J connectivity index is 2.45. The molecule has 0 radical (unpaired) electrons. The van der Waals surface area contributed by atoms with Gasteiger partial charge in [-0.15, -0.1) is 0 Å². The summed E-state index contributed by atoms with van der Waals surface area (Å²) < 4.78 is 0. The molecule has 3 nitrogen and oxygen atoms in total. The fourth-order valence-electron chi connectivity index (χ4n) is 1.68. The second-order valence-corrected chi connectivity index (χ2v) is 4.08. The summed E-state index contributed by atoms with van der Waals surface area (Å²) in [6, 6.07) is 0. The zero-order chi connectivity index (χ0) is 10.6. The Kier molecular flexibility index (Phi) is 3.98. The molecule has 0 spiro atoms. The predicted molar refractivity (Wildman–Crippen MR) is 60.6 cm³/mol. The van der Waals surface area contributed by atoms with Gasteiger partial charge in [-0.05, 0) is 26.2 Å². The summed E-state index contributed by atoms with van der Waals surface area (Å²) in [6.45, 7) is 9.62. The van der Waals surface area contributed by atoms with E-state index in [0.29, 0.717) is 0 Å². The number of aryl methyl sites for hydroxylation is 2. The molecule has 0 saturated heterocycles. The van der Waals surface area contributed by atoms with Crippen molar-refractivity contribution < 1.29 is 0 Å². The van der Waals surface area contributed by atoms with E-state index in [1.807, 2.05) is 13.8 Å². The molecule has 1 aromatic heterocycles. The minimum absolute atomic E-state index is 0.730. The molecule has 0 aliphatic heterocycles. The van der Waals surface area contributed by atoms with Gasteiger partial charge in [-0.1, -0.05) is 20.3 Å². The second kappa shape index (κ2) is 5.03. The Morgan fingerprint density at radius 1 is 1.43 bits per heavy atom. The van der Waals surface area contributed by atoms with Gasteiger partial charge >= 0.3 is 0 Å². The second-order valence-electron chi connectivity index (χ2n) is 4.08. The summed E-state index contributed by atoms with van der Waals surface area (Å²) in [7, 11) is 0. The SMILES string of the molecule is CCCC(C)CNc1c(C)n[nH]c1C. The zero-order valence-corrected chi connectivity index (χ0v) is 9.65. The lowest BCUT2D eigenvalue weighted by molar-refractivity contribution is 0.550. The van der Waals surface area contributed by atoms with Gasteiger partial charge in [0.2, 0.25) is 0 Å². The lowest BCUT2D eigenvalue weighted by atomic mass is 10.1. The van der Waals surface area contributed by atoms with Crippen molar-refractivity contribution in [2.24, 2.45) is 5.92 Å². The van der Waals surface area contributed by atoms with E-state index in [1.165, 1.54) is 18.5 Å². The molecular formula is C11H21N3. The molecule has 0 amide bonds. The fourth-order valence-corrected chi connectivity index (χ4v) is 1.68. The third-order valence-electron chi connectivity index (χ3n) is 2.54. The average molecular weight is 195 g/mol. The van der Waals surface area contributed by atoms with Crippen LogP contribution in [0.2, 0.25) is 0 Å². The molecule has 0 saturated carbocycles. The monoisotopic (exact) mass is 195 g/mol. The first-order valence-electron chi connectivity index (χ1n) is 5.40. The summed E-state index contributed by atoms with van der Waals surface area (Å²) in [4.78, 5) is 0. The van der Waals surface area contributed by atoms with Crippen LogP contribution < -0.4 is 5.32 Å². The molecule has 14 heavy (non-hydrogen) atoms. The minimum atomic E-state index is 0.730. The maximum Gasteiger partial charge on any atom is 0.0825 e. The number of nitrogens with one attached hydrogen (secondary N) is 2. The summed E-state index contributed by atoms with van der Waals surface area (Å²) in [5, 5.41) is 10.6. The normalized spacial score (nSPS) is 12.9. The number of aromatic nitrogens is 2. The van der Waals surface area contributed by atoms with Gasteiger partial charge in [-0.25, -0.2) is 0 Å². The Hall–Kier alpha value is -0.990. The van der Waals surface area contributed by atoms with Crippen molar-refractivity contribution in [1.29, 1.82) is 0 Å². The highest BCUT2D eigenvalue weighted by Gasteiger charge is 2.06. The van der Waals surface area contributed by atoms with Crippen molar-refractivity contribution in [3.05, 3.63) is 11.4 Å². The average Bonchev–Trinajstić information content (AvgIpc) is 2.44. The Labute approximate surface area is 86.3 Å². The molecule has 1 unspecified atom stereocenters. The lowest BCUT2D eigenvalue weighted by Crippen LogP contribution is -2.11. The van der Waals surface area contributed by atoms with E-state index in [1.54, 1.807) is 0 Å². The fraction of sp³-hybridized carbons (Fsp3) is 0.727. The highest BCUT2D eigenvalue weighted by atomic mass is 15.1. The number of anilines is 1. The van der Waals surface area contributed by atoms with Gasteiger partial charge in [-0.2, -0.15) is 5.10 Å². The number of aromatic amines is 1. The van der Waals surface area contributed by atoms with Crippen LogP contribution in [-0.2, 0) is 0 Å². The van der Waals surface area contributed by atoms with Gasteiger partial charge in [-0.3, -0.25) is 5.10 Å². The molecule has 1 rings (SSSR count). The quantitative estimate of drug-likeness (QED) is 0.758. The molecule has 0 aliphatic carbocycles. The van der Waals surface area contributed by atoms with Crippen LogP contribution in [0.3, 0.4) is 0 Å². The van der Waals surface area contributed by atoms with Crippen molar-refractivity contribution in [3.8, 4) is 0 Å². The summed E-state index contributed by atoms with van der Waals surface area (Å²) >= 11 is 0. The standard InChI is InChI=1S/C11H21N3/c1-5-6-8(2)7-12-11-9(3)13-14-10(11)4/h8,12H,5-7H2,1-4H3,(H,13,14). The molecule has 0 bridgehead atoms. The zero-order valence-electron chi connectivity index (χ0n) is 9.65. The van der Waals surface area contributed by atoms with Crippen LogP contribution in [0.4, 0.5) is 5.69 Å². The molecule has 1 heterocycles. The van der Waals surface area contributed by atoms with Gasteiger partial charge in [0.25, 0.3) is 0 Å². The van der Waals surface area contributed by atoms with E-state index in [4.69, 9.17) is 0 Å². The maximum atomic E-state index is 4.15. The van der Waals surface area contributed by atoms with Gasteiger partial charge in [0.15, 0.2) is 0 Å². The first kappa shape index (κ1) is 11.1. The predicted octanol–water partition coefficient (Wildman–Crippen LogP) is 2.87. The van der Waals surface area contributed by atoms with E-state index < -0.39 is 0 Å². The number of hydrogen-bond donors (Lipinski definition) is 2. The molecule has 0 aromatic carbocycles. The van der Waals surface area contributed by atoms with Crippen LogP contribution in [0, 0.1) is 19.8 Å². The molecule has 0 aliphatic rings. The summed E-state index contributed by atoms with van der Waals surface area (Å²) in [6.07, 6.45) is 2.54. The van der Waals surface area contributed by atoms with Crippen molar-refractivity contribution in [3.63, 3.8) is 0 Å². The third-order valence-corrected chi connectivity index (χ3v) is 2.54. The molecule has 1 aromatic rings. The van der Waals surface area contributed by atoms with Crippen LogP contribution in [0.25, 0.3) is 0 Å². The molecule has 2 N–H and O–H groups in total.